The van der Waals surface area contributed by atoms with E-state index in [2.05, 4.69) is 43.4 Å². The van der Waals surface area contributed by atoms with Crippen molar-refractivity contribution in [3.63, 3.8) is 0 Å². The van der Waals surface area contributed by atoms with E-state index in [1.807, 2.05) is 6.07 Å². The first-order chi connectivity index (χ1) is 10.1. The largest absolute Gasteiger partial charge is 0.382 e. The summed E-state index contributed by atoms with van der Waals surface area (Å²) in [6.45, 7) is 4.30. The summed E-state index contributed by atoms with van der Waals surface area (Å²) in [6, 6.07) is 14.2. The number of hydrogen-bond acceptors (Lipinski definition) is 1. The first-order valence-electron chi connectivity index (χ1n) is 7.74. The second kappa shape index (κ2) is 5.88. The maximum Gasteiger partial charge on any atom is 0.123 e. The van der Waals surface area contributed by atoms with Gasteiger partial charge in [0.05, 0.1) is 0 Å². The molecule has 3 rings (SSSR count). The van der Waals surface area contributed by atoms with Gasteiger partial charge in [-0.25, -0.2) is 4.39 Å². The van der Waals surface area contributed by atoms with E-state index in [4.69, 9.17) is 0 Å². The van der Waals surface area contributed by atoms with Crippen LogP contribution in [0.25, 0.3) is 0 Å². The number of anilines is 1. The average molecular weight is 283 g/mol. The maximum atomic E-state index is 13.4. The third-order valence-corrected chi connectivity index (χ3v) is 4.51. The van der Waals surface area contributed by atoms with Crippen LogP contribution in [-0.2, 0) is 6.42 Å². The van der Waals surface area contributed by atoms with Crippen LogP contribution >= 0.6 is 0 Å². The standard InChI is InChI=1S/C19H22FN/c1-13-7-10-17(20)12-15(13)8-9-16-11-14(2)21-19-6-4-3-5-18(16)19/h3-7,10,12,14,16,21H,8-9,11H2,1-2H3. The van der Waals surface area contributed by atoms with E-state index < -0.39 is 0 Å². The monoisotopic (exact) mass is 283 g/mol. The summed E-state index contributed by atoms with van der Waals surface area (Å²) in [6.07, 6.45) is 3.16. The van der Waals surface area contributed by atoms with Gasteiger partial charge in [0, 0.05) is 11.7 Å². The Kier molecular flexibility index (Phi) is 3.96. The molecule has 2 unspecified atom stereocenters. The van der Waals surface area contributed by atoms with Crippen molar-refractivity contribution in [2.24, 2.45) is 0 Å². The van der Waals surface area contributed by atoms with E-state index >= 15 is 0 Å². The minimum atomic E-state index is -0.130. The van der Waals surface area contributed by atoms with Crippen molar-refractivity contribution in [1.82, 2.24) is 0 Å². The molecule has 0 saturated heterocycles. The molecule has 0 aromatic heterocycles. The molecule has 2 atom stereocenters. The van der Waals surface area contributed by atoms with Crippen molar-refractivity contribution < 1.29 is 4.39 Å². The summed E-state index contributed by atoms with van der Waals surface area (Å²) in [5.74, 6) is 0.426. The lowest BCUT2D eigenvalue weighted by Gasteiger charge is -2.31. The van der Waals surface area contributed by atoms with E-state index in [0.29, 0.717) is 12.0 Å². The molecule has 0 fully saturated rings. The van der Waals surface area contributed by atoms with Gasteiger partial charge in [-0.1, -0.05) is 24.3 Å². The molecule has 0 saturated carbocycles. The molecule has 0 radical (unpaired) electrons. The summed E-state index contributed by atoms with van der Waals surface area (Å²) in [4.78, 5) is 0. The number of halogens is 1. The van der Waals surface area contributed by atoms with Crippen LogP contribution < -0.4 is 5.32 Å². The van der Waals surface area contributed by atoms with Crippen LogP contribution in [0.15, 0.2) is 42.5 Å². The van der Waals surface area contributed by atoms with Crippen LogP contribution in [-0.4, -0.2) is 6.04 Å². The molecule has 2 aromatic carbocycles. The Morgan fingerprint density at radius 2 is 2.00 bits per heavy atom. The number of nitrogens with one attached hydrogen (secondary N) is 1. The summed E-state index contributed by atoms with van der Waals surface area (Å²) in [5.41, 5.74) is 4.99. The Morgan fingerprint density at radius 1 is 1.19 bits per heavy atom. The van der Waals surface area contributed by atoms with Crippen molar-refractivity contribution in [3.8, 4) is 0 Å². The Hall–Kier alpha value is -1.83. The fourth-order valence-electron chi connectivity index (χ4n) is 3.38. The predicted molar refractivity (Wildman–Crippen MR) is 86.3 cm³/mol. The van der Waals surface area contributed by atoms with Crippen molar-refractivity contribution in [2.75, 3.05) is 5.32 Å². The summed E-state index contributed by atoms with van der Waals surface area (Å²) < 4.78 is 13.4. The summed E-state index contributed by atoms with van der Waals surface area (Å²) >= 11 is 0. The van der Waals surface area contributed by atoms with Crippen molar-refractivity contribution in [2.45, 2.75) is 45.1 Å². The Bertz CT molecular complexity index is 635. The zero-order valence-corrected chi connectivity index (χ0v) is 12.7. The molecule has 21 heavy (non-hydrogen) atoms. The number of hydrogen-bond donors (Lipinski definition) is 1. The number of benzene rings is 2. The zero-order chi connectivity index (χ0) is 14.8. The van der Waals surface area contributed by atoms with Crippen LogP contribution in [0.1, 0.15) is 42.4 Å². The highest BCUT2D eigenvalue weighted by atomic mass is 19.1. The summed E-state index contributed by atoms with van der Waals surface area (Å²) in [5, 5.41) is 3.55. The molecule has 2 heteroatoms. The number of fused-ring (bicyclic) bond motifs is 1. The van der Waals surface area contributed by atoms with Crippen LogP contribution in [0.4, 0.5) is 10.1 Å². The second-order valence-electron chi connectivity index (χ2n) is 6.17. The molecule has 1 heterocycles. The highest BCUT2D eigenvalue weighted by molar-refractivity contribution is 5.55. The van der Waals surface area contributed by atoms with E-state index in [1.165, 1.54) is 16.8 Å². The van der Waals surface area contributed by atoms with Crippen molar-refractivity contribution >= 4 is 5.69 Å². The third-order valence-electron chi connectivity index (χ3n) is 4.51. The van der Waals surface area contributed by atoms with Gasteiger partial charge in [-0.05, 0) is 73.9 Å². The molecule has 1 aliphatic heterocycles. The van der Waals surface area contributed by atoms with Crippen LogP contribution in [0.5, 0.6) is 0 Å². The summed E-state index contributed by atoms with van der Waals surface area (Å²) in [7, 11) is 0. The topological polar surface area (TPSA) is 12.0 Å². The SMILES string of the molecule is Cc1ccc(F)cc1CCC1CC(C)Nc2ccccc21. The molecule has 0 bridgehead atoms. The molecule has 1 nitrogen and oxygen atoms in total. The molecule has 1 aliphatic rings. The van der Waals surface area contributed by atoms with Gasteiger partial charge in [-0.3, -0.25) is 0 Å². The van der Waals surface area contributed by atoms with Gasteiger partial charge in [-0.2, -0.15) is 0 Å². The minimum Gasteiger partial charge on any atom is -0.382 e. The van der Waals surface area contributed by atoms with Crippen LogP contribution in [0.3, 0.4) is 0 Å². The lowest BCUT2D eigenvalue weighted by atomic mass is 9.83. The number of aryl methyl sites for hydroxylation is 2. The smallest absolute Gasteiger partial charge is 0.123 e. The molecule has 1 N–H and O–H groups in total. The highest BCUT2D eigenvalue weighted by Gasteiger charge is 2.23. The van der Waals surface area contributed by atoms with E-state index in [0.717, 1.165) is 24.8 Å². The van der Waals surface area contributed by atoms with Gasteiger partial charge in [-0.15, -0.1) is 0 Å². The van der Waals surface area contributed by atoms with Crippen LogP contribution in [0, 0.1) is 12.7 Å². The average Bonchev–Trinajstić information content (AvgIpc) is 2.47. The fraction of sp³-hybridized carbons (Fsp3) is 0.368. The molecule has 110 valence electrons. The van der Waals surface area contributed by atoms with Gasteiger partial charge < -0.3 is 5.32 Å². The number of para-hydroxylation sites is 1. The van der Waals surface area contributed by atoms with Crippen molar-refractivity contribution in [3.05, 3.63) is 65.0 Å². The van der Waals surface area contributed by atoms with Gasteiger partial charge in [0.1, 0.15) is 5.82 Å². The zero-order valence-electron chi connectivity index (χ0n) is 12.7. The predicted octanol–water partition coefficient (Wildman–Crippen LogP) is 5.05. The first kappa shape index (κ1) is 14.1. The molecular formula is C19H22FN. The first-order valence-corrected chi connectivity index (χ1v) is 7.74. The third kappa shape index (κ3) is 3.10. The minimum absolute atomic E-state index is 0.130. The quantitative estimate of drug-likeness (QED) is 0.830. The van der Waals surface area contributed by atoms with E-state index in [9.17, 15) is 4.39 Å². The number of rotatable bonds is 3. The lowest BCUT2D eigenvalue weighted by molar-refractivity contribution is 0.520. The Morgan fingerprint density at radius 3 is 2.86 bits per heavy atom. The van der Waals surface area contributed by atoms with Crippen LogP contribution in [0.2, 0.25) is 0 Å². The molecule has 0 spiro atoms. The van der Waals surface area contributed by atoms with E-state index in [1.54, 1.807) is 12.1 Å². The van der Waals surface area contributed by atoms with Gasteiger partial charge in [0.25, 0.3) is 0 Å². The Labute approximate surface area is 126 Å². The lowest BCUT2D eigenvalue weighted by Crippen LogP contribution is -2.25. The van der Waals surface area contributed by atoms with Crippen molar-refractivity contribution in [1.29, 1.82) is 0 Å². The van der Waals surface area contributed by atoms with E-state index in [-0.39, 0.29) is 5.82 Å². The highest BCUT2D eigenvalue weighted by Crippen LogP contribution is 2.37. The molecule has 0 aliphatic carbocycles. The normalized spacial score (nSPS) is 20.7. The Balaban J connectivity index is 1.78. The fourth-order valence-corrected chi connectivity index (χ4v) is 3.38. The molecule has 2 aromatic rings. The molecule has 0 amide bonds. The molecular weight excluding hydrogens is 261 g/mol. The van der Waals surface area contributed by atoms with Gasteiger partial charge >= 0.3 is 0 Å². The van der Waals surface area contributed by atoms with Gasteiger partial charge in [0.15, 0.2) is 0 Å². The maximum absolute atomic E-state index is 13.4. The van der Waals surface area contributed by atoms with Gasteiger partial charge in [0.2, 0.25) is 0 Å². The second-order valence-corrected chi connectivity index (χ2v) is 6.17.